The molecule has 0 spiro atoms. The Morgan fingerprint density at radius 2 is 0.873 bits per heavy atom. The fourth-order valence-corrected chi connectivity index (χ4v) is 10.6. The van der Waals surface area contributed by atoms with Gasteiger partial charge in [0, 0.05) is 6.42 Å². The summed E-state index contributed by atoms with van der Waals surface area (Å²) in [7, 11) is 0. The third-order valence-electron chi connectivity index (χ3n) is 15.8. The molecule has 0 bridgehead atoms. The van der Waals surface area contributed by atoms with Crippen LogP contribution in [0, 0.1) is 0 Å². The van der Waals surface area contributed by atoms with Crippen LogP contribution in [0.2, 0.25) is 0 Å². The first kappa shape index (κ1) is 73.1. The van der Waals surface area contributed by atoms with E-state index in [4.69, 9.17) is 18.9 Å². The van der Waals surface area contributed by atoms with Crippen molar-refractivity contribution in [1.82, 2.24) is 5.32 Å². The van der Waals surface area contributed by atoms with Crippen molar-refractivity contribution in [2.45, 2.75) is 338 Å². The lowest BCUT2D eigenvalue weighted by atomic mass is 9.97. The summed E-state index contributed by atoms with van der Waals surface area (Å²) in [5, 5.41) is 87.2. The van der Waals surface area contributed by atoms with Gasteiger partial charge in [-0.05, 0) is 51.4 Å². The highest BCUT2D eigenvalue weighted by Crippen LogP contribution is 2.30. The molecule has 462 valence electrons. The second-order valence-corrected chi connectivity index (χ2v) is 22.9. The molecule has 2 heterocycles. The molecular formula is C65H119NO13. The van der Waals surface area contributed by atoms with Gasteiger partial charge in [0.25, 0.3) is 0 Å². The zero-order valence-corrected chi connectivity index (χ0v) is 49.9. The van der Waals surface area contributed by atoms with Crippen LogP contribution in [0.3, 0.4) is 0 Å². The van der Waals surface area contributed by atoms with Gasteiger partial charge in [0.05, 0.1) is 32.0 Å². The van der Waals surface area contributed by atoms with Gasteiger partial charge < -0.3 is 65.1 Å². The zero-order valence-electron chi connectivity index (χ0n) is 49.9. The van der Waals surface area contributed by atoms with Crippen LogP contribution in [0.1, 0.15) is 264 Å². The molecule has 0 aliphatic carbocycles. The van der Waals surface area contributed by atoms with Crippen LogP contribution in [-0.2, 0) is 23.7 Å². The van der Waals surface area contributed by atoms with Gasteiger partial charge in [-0.3, -0.25) is 4.79 Å². The van der Waals surface area contributed by atoms with Gasteiger partial charge >= 0.3 is 0 Å². The van der Waals surface area contributed by atoms with E-state index in [1.165, 1.54) is 167 Å². The maximum absolute atomic E-state index is 13.3. The normalized spacial score (nSPS) is 24.7. The fraction of sp³-hybridized carbons (Fsp3) is 0.862. The molecule has 0 aromatic rings. The van der Waals surface area contributed by atoms with E-state index in [2.05, 4.69) is 55.6 Å². The number of carbonyl (C=O) groups is 1. The fourth-order valence-electron chi connectivity index (χ4n) is 10.6. The summed E-state index contributed by atoms with van der Waals surface area (Å²) in [6.45, 7) is 2.70. The molecule has 1 amide bonds. The number of allylic oxidation sites excluding steroid dienone is 7. The Balaban J connectivity index is 1.71. The van der Waals surface area contributed by atoms with Crippen molar-refractivity contribution in [3.63, 3.8) is 0 Å². The van der Waals surface area contributed by atoms with Crippen molar-refractivity contribution in [3.05, 3.63) is 48.6 Å². The summed E-state index contributed by atoms with van der Waals surface area (Å²) in [6.07, 6.45) is 47.3. The Labute approximate surface area is 480 Å². The van der Waals surface area contributed by atoms with Gasteiger partial charge in [0.15, 0.2) is 12.6 Å². The van der Waals surface area contributed by atoms with Gasteiger partial charge in [0.2, 0.25) is 5.91 Å². The molecule has 2 saturated heterocycles. The summed E-state index contributed by atoms with van der Waals surface area (Å²) in [5.74, 6) is -0.248. The van der Waals surface area contributed by atoms with Crippen LogP contribution < -0.4 is 5.32 Å². The molecule has 2 aliphatic heterocycles. The van der Waals surface area contributed by atoms with E-state index in [0.29, 0.717) is 6.42 Å². The van der Waals surface area contributed by atoms with E-state index in [0.717, 1.165) is 70.6 Å². The summed E-state index contributed by atoms with van der Waals surface area (Å²) in [6, 6.07) is -0.922. The van der Waals surface area contributed by atoms with Crippen molar-refractivity contribution in [3.8, 4) is 0 Å². The van der Waals surface area contributed by atoms with Crippen LogP contribution in [0.5, 0.6) is 0 Å². The quantitative estimate of drug-likeness (QED) is 0.0204. The monoisotopic (exact) mass is 1120 g/mol. The number of amides is 1. The molecule has 0 saturated carbocycles. The van der Waals surface area contributed by atoms with Gasteiger partial charge in [-0.15, -0.1) is 0 Å². The number of aliphatic hydroxyl groups is 8. The first-order valence-corrected chi connectivity index (χ1v) is 32.4. The smallest absolute Gasteiger partial charge is 0.220 e. The maximum Gasteiger partial charge on any atom is 0.220 e. The maximum atomic E-state index is 13.3. The van der Waals surface area contributed by atoms with E-state index in [1.54, 1.807) is 6.08 Å². The average Bonchev–Trinajstić information content (AvgIpc) is 3.47. The Kier molecular flexibility index (Phi) is 46.7. The Morgan fingerprint density at radius 3 is 1.34 bits per heavy atom. The third kappa shape index (κ3) is 35.6. The van der Waals surface area contributed by atoms with Crippen molar-refractivity contribution in [1.29, 1.82) is 0 Å². The topological polar surface area (TPSA) is 228 Å². The molecule has 2 fully saturated rings. The van der Waals surface area contributed by atoms with Crippen LogP contribution in [0.25, 0.3) is 0 Å². The van der Waals surface area contributed by atoms with E-state index >= 15 is 0 Å². The molecule has 14 heteroatoms. The van der Waals surface area contributed by atoms with Gasteiger partial charge in [0.1, 0.15) is 48.8 Å². The van der Waals surface area contributed by atoms with Crippen LogP contribution in [0.15, 0.2) is 48.6 Å². The van der Waals surface area contributed by atoms with Crippen molar-refractivity contribution >= 4 is 5.91 Å². The number of carbonyl (C=O) groups excluding carboxylic acids is 1. The van der Waals surface area contributed by atoms with Gasteiger partial charge in [-0.1, -0.05) is 255 Å². The standard InChI is InChI=1S/C65H119NO13/c1-3-5-7-9-11-13-15-17-19-21-22-23-24-25-26-27-28-29-30-31-33-34-36-38-40-42-44-46-48-54(69)53(66-57(70)49-47-45-43-41-39-37-35-32-20-18-16-14-12-10-8-6-4-2)52-76-64-62(75)60(73)63(56(51-68)78-64)79-65-61(74)59(72)58(71)55(50-67)77-65/h6,8,12,14,18,20,46,48,53-56,58-65,67-69,71-75H,3-5,7,9-11,13,15-17,19,21-45,47,49-52H2,1-2H3,(H,66,70)/b8-6-,14-12-,20-18-,48-46+. The van der Waals surface area contributed by atoms with E-state index in [1.807, 2.05) is 6.08 Å². The average molecular weight is 1120 g/mol. The summed E-state index contributed by atoms with van der Waals surface area (Å²) < 4.78 is 22.8. The van der Waals surface area contributed by atoms with Crippen molar-refractivity contribution in [2.24, 2.45) is 0 Å². The SMILES string of the molecule is CC/C=C\C/C=C\C/C=C\CCCCCCCCCC(=O)NC(COC1OC(CO)C(OC2OC(CO)C(O)C(O)C2O)C(O)C1O)C(O)/C=C/CCCCCCCCCCCCCCCCCCCCCCCCCCCC. The number of hydrogen-bond donors (Lipinski definition) is 9. The molecule has 79 heavy (non-hydrogen) atoms. The first-order valence-electron chi connectivity index (χ1n) is 32.4. The van der Waals surface area contributed by atoms with Crippen molar-refractivity contribution < 1.29 is 64.6 Å². The number of unbranched alkanes of at least 4 members (excludes halogenated alkanes) is 33. The number of ether oxygens (including phenoxy) is 4. The molecule has 12 atom stereocenters. The first-order chi connectivity index (χ1) is 38.6. The largest absolute Gasteiger partial charge is 0.394 e. The summed E-state index contributed by atoms with van der Waals surface area (Å²) in [4.78, 5) is 13.3. The molecular weight excluding hydrogens is 1000 g/mol. The number of rotatable bonds is 52. The van der Waals surface area contributed by atoms with Crippen LogP contribution in [-0.4, -0.2) is 140 Å². The molecule has 2 aliphatic rings. The van der Waals surface area contributed by atoms with Crippen LogP contribution in [0.4, 0.5) is 0 Å². The highest BCUT2D eigenvalue weighted by Gasteiger charge is 2.51. The Bertz CT molecular complexity index is 1510. The minimum Gasteiger partial charge on any atom is -0.394 e. The lowest BCUT2D eigenvalue weighted by Gasteiger charge is -2.46. The van der Waals surface area contributed by atoms with Gasteiger partial charge in [-0.25, -0.2) is 0 Å². The molecule has 14 nitrogen and oxygen atoms in total. The Hall–Kier alpha value is -2.05. The minimum atomic E-state index is -1.79. The van der Waals surface area contributed by atoms with Crippen molar-refractivity contribution in [2.75, 3.05) is 19.8 Å². The molecule has 2 rings (SSSR count). The zero-order chi connectivity index (χ0) is 57.4. The van der Waals surface area contributed by atoms with E-state index < -0.39 is 86.8 Å². The molecule has 0 aromatic carbocycles. The number of hydrogen-bond acceptors (Lipinski definition) is 13. The number of aliphatic hydroxyl groups excluding tert-OH is 8. The summed E-state index contributed by atoms with van der Waals surface area (Å²) >= 11 is 0. The van der Waals surface area contributed by atoms with E-state index in [-0.39, 0.29) is 18.9 Å². The third-order valence-corrected chi connectivity index (χ3v) is 15.8. The number of nitrogens with one attached hydrogen (secondary N) is 1. The lowest BCUT2D eigenvalue weighted by Crippen LogP contribution is -2.65. The molecule has 9 N–H and O–H groups in total. The highest BCUT2D eigenvalue weighted by molar-refractivity contribution is 5.76. The second kappa shape index (κ2) is 50.5. The Morgan fingerprint density at radius 1 is 0.468 bits per heavy atom. The van der Waals surface area contributed by atoms with Gasteiger partial charge in [-0.2, -0.15) is 0 Å². The predicted octanol–water partition coefficient (Wildman–Crippen LogP) is 12.0. The molecule has 0 radical (unpaired) electrons. The second-order valence-electron chi connectivity index (χ2n) is 22.9. The van der Waals surface area contributed by atoms with E-state index in [9.17, 15) is 45.6 Å². The minimum absolute atomic E-state index is 0.248. The molecule has 0 aromatic heterocycles. The highest BCUT2D eigenvalue weighted by atomic mass is 16.7. The predicted molar refractivity (Wildman–Crippen MR) is 318 cm³/mol. The van der Waals surface area contributed by atoms with Crippen LogP contribution >= 0.6 is 0 Å². The lowest BCUT2D eigenvalue weighted by molar-refractivity contribution is -0.359. The summed E-state index contributed by atoms with van der Waals surface area (Å²) in [5.41, 5.74) is 0. The molecule has 12 unspecified atom stereocenters.